The zero-order chi connectivity index (χ0) is 27.7. The van der Waals surface area contributed by atoms with E-state index in [9.17, 15) is 27.6 Å². The topological polar surface area (TPSA) is 54.5 Å². The van der Waals surface area contributed by atoms with Crippen LogP contribution in [0.5, 0.6) is 0 Å². The summed E-state index contributed by atoms with van der Waals surface area (Å²) in [4.78, 5) is 43.9. The van der Waals surface area contributed by atoms with Gasteiger partial charge in [0.1, 0.15) is 0 Å². The van der Waals surface area contributed by atoms with Gasteiger partial charge in [0.05, 0.1) is 33.9 Å². The van der Waals surface area contributed by atoms with Gasteiger partial charge in [0.25, 0.3) is 0 Å². The Hall–Kier alpha value is -4.00. The zero-order valence-electron chi connectivity index (χ0n) is 21.5. The number of anilines is 1. The Kier molecular flexibility index (Phi) is 5.51. The predicted octanol–water partition coefficient (Wildman–Crippen LogP) is 6.81. The molecule has 1 saturated heterocycles. The van der Waals surface area contributed by atoms with E-state index in [1.807, 2.05) is 74.5 Å². The van der Waals surface area contributed by atoms with Crippen LogP contribution in [0.2, 0.25) is 0 Å². The first-order chi connectivity index (χ1) is 18.6. The number of hydrogen-bond acceptors (Lipinski definition) is 3. The molecule has 39 heavy (non-hydrogen) atoms. The summed E-state index contributed by atoms with van der Waals surface area (Å²) in [7, 11) is 0. The largest absolute Gasteiger partial charge is 0.416 e. The maximum Gasteiger partial charge on any atom is 0.416 e. The number of imide groups is 1. The Bertz CT molecular complexity index is 1460. The van der Waals surface area contributed by atoms with Gasteiger partial charge in [-0.25, -0.2) is 4.90 Å². The molecule has 1 saturated carbocycles. The van der Waals surface area contributed by atoms with Crippen molar-refractivity contribution >= 4 is 34.4 Å². The fourth-order valence-corrected chi connectivity index (χ4v) is 7.53. The lowest BCUT2D eigenvalue weighted by atomic mass is 9.60. The summed E-state index contributed by atoms with van der Waals surface area (Å²) in [6.45, 7) is 3.70. The molecule has 3 aromatic carbocycles. The quantitative estimate of drug-likeness (QED) is 0.341. The van der Waals surface area contributed by atoms with Crippen LogP contribution in [0.15, 0.2) is 84.9 Å². The third-order valence-corrected chi connectivity index (χ3v) is 8.99. The van der Waals surface area contributed by atoms with Gasteiger partial charge in [-0.2, -0.15) is 13.2 Å². The van der Waals surface area contributed by atoms with Gasteiger partial charge in [0, 0.05) is 0 Å². The number of rotatable bonds is 5. The number of ketones is 1. The Balaban J connectivity index is 1.63. The maximum absolute atomic E-state index is 14.7. The average Bonchev–Trinajstić information content (AvgIpc) is 3.44. The van der Waals surface area contributed by atoms with Crippen molar-refractivity contribution < 1.29 is 27.6 Å². The van der Waals surface area contributed by atoms with Crippen molar-refractivity contribution in [2.24, 2.45) is 22.7 Å². The maximum atomic E-state index is 14.7. The molecule has 3 aliphatic rings. The minimum absolute atomic E-state index is 0.124. The van der Waals surface area contributed by atoms with Gasteiger partial charge in [0.2, 0.25) is 11.8 Å². The molecule has 4 atom stereocenters. The fraction of sp³-hybridized carbons (Fsp3) is 0.281. The lowest BCUT2D eigenvalue weighted by molar-refractivity contribution is -0.137. The van der Waals surface area contributed by atoms with Gasteiger partial charge < -0.3 is 0 Å². The summed E-state index contributed by atoms with van der Waals surface area (Å²) in [5.41, 5.74) is -0.529. The molecule has 0 spiro atoms. The number of carbonyl (C=O) groups is 3. The molecule has 0 radical (unpaired) electrons. The van der Waals surface area contributed by atoms with Gasteiger partial charge in [-0.1, -0.05) is 80.6 Å². The molecule has 4 nitrogen and oxygen atoms in total. The Morgan fingerprint density at radius 2 is 1.15 bits per heavy atom. The monoisotopic (exact) mass is 529 g/mol. The van der Waals surface area contributed by atoms with E-state index < -0.39 is 46.2 Å². The van der Waals surface area contributed by atoms with Crippen LogP contribution in [-0.4, -0.2) is 17.6 Å². The molecule has 2 amide bonds. The van der Waals surface area contributed by atoms with Gasteiger partial charge in [0.15, 0.2) is 5.78 Å². The minimum Gasteiger partial charge on any atom is -0.298 e. The van der Waals surface area contributed by atoms with Gasteiger partial charge >= 0.3 is 6.18 Å². The SMILES string of the molecule is CC[C@]12C(=O)[C@@](CC)(C(c3ccccc3)=C1c1ccccc1)[C@H]1C(=O)N(c3cccc(C(F)(F)F)c3)C(=O)[C@H]12. The first-order valence-corrected chi connectivity index (χ1v) is 13.1. The smallest absolute Gasteiger partial charge is 0.298 e. The Labute approximate surface area is 224 Å². The van der Waals surface area contributed by atoms with Crippen LogP contribution in [0.1, 0.15) is 43.4 Å². The summed E-state index contributed by atoms with van der Waals surface area (Å²) >= 11 is 0. The molecule has 198 valence electrons. The molecule has 2 fully saturated rings. The predicted molar refractivity (Wildman–Crippen MR) is 141 cm³/mol. The van der Waals surface area contributed by atoms with Crippen molar-refractivity contribution in [3.05, 3.63) is 102 Å². The molecule has 6 rings (SSSR count). The van der Waals surface area contributed by atoms with E-state index in [-0.39, 0.29) is 24.3 Å². The molecular formula is C32H26F3NO3. The van der Waals surface area contributed by atoms with Crippen molar-refractivity contribution in [3.63, 3.8) is 0 Å². The molecule has 0 N–H and O–H groups in total. The van der Waals surface area contributed by atoms with E-state index in [0.29, 0.717) is 0 Å². The lowest BCUT2D eigenvalue weighted by Crippen LogP contribution is -2.41. The van der Waals surface area contributed by atoms with Crippen molar-refractivity contribution in [1.82, 2.24) is 0 Å². The second-order valence-corrected chi connectivity index (χ2v) is 10.5. The van der Waals surface area contributed by atoms with Gasteiger partial charge in [-0.3, -0.25) is 14.4 Å². The molecule has 1 heterocycles. The Morgan fingerprint density at radius 3 is 1.56 bits per heavy atom. The molecule has 0 unspecified atom stereocenters. The van der Waals surface area contributed by atoms with E-state index in [2.05, 4.69) is 0 Å². The third-order valence-electron chi connectivity index (χ3n) is 8.99. The number of amides is 2. The van der Waals surface area contributed by atoms with Crippen molar-refractivity contribution in [2.75, 3.05) is 4.90 Å². The van der Waals surface area contributed by atoms with E-state index in [0.717, 1.165) is 39.3 Å². The molecule has 2 aliphatic carbocycles. The highest BCUT2D eigenvalue weighted by Gasteiger charge is 2.80. The second kappa shape index (κ2) is 8.50. The number of Topliss-reactive ketones (excluding diaryl/α,β-unsaturated/α-hetero) is 1. The number of alkyl halides is 3. The van der Waals surface area contributed by atoms with Crippen LogP contribution in [0, 0.1) is 22.7 Å². The van der Waals surface area contributed by atoms with Crippen LogP contribution in [-0.2, 0) is 20.6 Å². The van der Waals surface area contributed by atoms with E-state index >= 15 is 0 Å². The van der Waals surface area contributed by atoms with E-state index in [4.69, 9.17) is 0 Å². The number of benzene rings is 3. The van der Waals surface area contributed by atoms with Crippen molar-refractivity contribution in [3.8, 4) is 0 Å². The van der Waals surface area contributed by atoms with Gasteiger partial charge in [-0.15, -0.1) is 0 Å². The summed E-state index contributed by atoms with van der Waals surface area (Å²) in [5, 5.41) is 0. The lowest BCUT2D eigenvalue weighted by Gasteiger charge is -2.38. The first-order valence-electron chi connectivity index (χ1n) is 13.1. The first kappa shape index (κ1) is 25.3. The van der Waals surface area contributed by atoms with Crippen molar-refractivity contribution in [1.29, 1.82) is 0 Å². The number of nitrogens with zero attached hydrogens (tertiary/aromatic N) is 1. The Morgan fingerprint density at radius 1 is 0.692 bits per heavy atom. The molecule has 7 heteroatoms. The zero-order valence-corrected chi connectivity index (χ0v) is 21.5. The molecule has 1 aliphatic heterocycles. The molecule has 0 aromatic heterocycles. The van der Waals surface area contributed by atoms with Crippen LogP contribution in [0.4, 0.5) is 18.9 Å². The minimum atomic E-state index is -4.63. The molecular weight excluding hydrogens is 503 g/mol. The van der Waals surface area contributed by atoms with Crippen LogP contribution in [0.25, 0.3) is 11.1 Å². The van der Waals surface area contributed by atoms with Crippen LogP contribution >= 0.6 is 0 Å². The highest BCUT2D eigenvalue weighted by molar-refractivity contribution is 6.34. The summed E-state index contributed by atoms with van der Waals surface area (Å²) in [6, 6.07) is 23.2. The number of hydrogen-bond donors (Lipinski definition) is 0. The van der Waals surface area contributed by atoms with E-state index in [1.54, 1.807) is 0 Å². The second-order valence-electron chi connectivity index (χ2n) is 10.5. The molecule has 3 aromatic rings. The summed E-state index contributed by atoms with van der Waals surface area (Å²) in [5.74, 6) is -3.37. The highest BCUT2D eigenvalue weighted by atomic mass is 19.4. The van der Waals surface area contributed by atoms with Crippen LogP contribution < -0.4 is 4.90 Å². The highest BCUT2D eigenvalue weighted by Crippen LogP contribution is 2.75. The normalized spacial score (nSPS) is 28.0. The van der Waals surface area contributed by atoms with Gasteiger partial charge in [-0.05, 0) is 53.3 Å². The number of allylic oxidation sites excluding steroid dienone is 2. The number of halogens is 3. The molecule has 2 bridgehead atoms. The average molecular weight is 530 g/mol. The third kappa shape index (κ3) is 3.10. The van der Waals surface area contributed by atoms with E-state index in [1.165, 1.54) is 12.1 Å². The fourth-order valence-electron chi connectivity index (χ4n) is 7.53. The van der Waals surface area contributed by atoms with Crippen molar-refractivity contribution in [2.45, 2.75) is 32.9 Å². The number of fused-ring (bicyclic) bond motifs is 5. The van der Waals surface area contributed by atoms with Crippen LogP contribution in [0.3, 0.4) is 0 Å². The summed E-state index contributed by atoms with van der Waals surface area (Å²) in [6.07, 6.45) is -4.07. The summed E-state index contributed by atoms with van der Waals surface area (Å²) < 4.78 is 40.6. The standard InChI is InChI=1S/C32H26F3NO3/c1-3-30-23(19-12-7-5-8-13-19)24(20-14-9-6-10-15-20)31(4-2,29(30)39)26-25(30)27(37)36(28(26)38)22-17-11-16-21(18-22)32(33,34)35/h5-18,25-26H,3-4H2,1-2H3/t25-,26+,30-,31-/m0/s1. The number of carbonyl (C=O) groups excluding carboxylic acids is 3.